The molecule has 3 rings (SSSR count). The van der Waals surface area contributed by atoms with Gasteiger partial charge < -0.3 is 0 Å². The molecular weight excluding hydrogens is 361 g/mol. The van der Waals surface area contributed by atoms with E-state index in [0.29, 0.717) is 9.21 Å². The number of thioether (sulfide) groups is 1. The van der Waals surface area contributed by atoms with Crippen molar-refractivity contribution in [3.63, 3.8) is 0 Å². The highest BCUT2D eigenvalue weighted by Gasteiger charge is 2.31. The summed E-state index contributed by atoms with van der Waals surface area (Å²) in [6, 6.07) is 9.08. The highest BCUT2D eigenvalue weighted by molar-refractivity contribution is 8.15. The van der Waals surface area contributed by atoms with Gasteiger partial charge in [-0.1, -0.05) is 35.5 Å². The van der Waals surface area contributed by atoms with Crippen LogP contribution >= 0.6 is 34.7 Å². The van der Waals surface area contributed by atoms with Crippen molar-refractivity contribution >= 4 is 57.4 Å². The molecule has 0 atom stereocenters. The Kier molecular flexibility index (Phi) is 4.65. The summed E-state index contributed by atoms with van der Waals surface area (Å²) in [6.45, 7) is 0. The number of hydrogen-bond acceptors (Lipinski definition) is 5. The summed E-state index contributed by atoms with van der Waals surface area (Å²) in [5, 5.41) is 4.16. The minimum atomic E-state index is -0.535. The number of benzene rings is 1. The van der Waals surface area contributed by atoms with E-state index < -0.39 is 11.7 Å². The van der Waals surface area contributed by atoms with Crippen molar-refractivity contribution in [1.29, 1.82) is 0 Å². The average Bonchev–Trinajstić information content (AvgIpc) is 3.12. The fraction of sp³-hybridized carbons (Fsp3) is 0.0714. The molecule has 5 nitrogen and oxygen atoms in total. The monoisotopic (exact) mass is 369 g/mol. The van der Waals surface area contributed by atoms with Crippen LogP contribution in [0.4, 0.5) is 10.1 Å². The third-order valence-corrected chi connectivity index (χ3v) is 5.06. The Labute approximate surface area is 144 Å². The normalized spacial score (nSPS) is 16.2. The first kappa shape index (κ1) is 16.0. The van der Waals surface area contributed by atoms with Crippen LogP contribution in [0.2, 0.25) is 4.34 Å². The maximum Gasteiger partial charge on any atom is 0.281 e. The summed E-state index contributed by atoms with van der Waals surface area (Å²) in [6.07, 6.45) is 0. The standard InChI is InChI=1S/C14H9ClFN3O2S2/c15-11-6-5-10(23-11)13(21)17-18-14-19(12(20)7-22-14)9-4-2-1-3-8(9)16/h1-6H,7H2,(H,17,21). The van der Waals surface area contributed by atoms with Crippen LogP contribution in [0.3, 0.4) is 0 Å². The first-order valence-corrected chi connectivity index (χ1v) is 8.58. The van der Waals surface area contributed by atoms with Crippen LogP contribution in [0.1, 0.15) is 9.67 Å². The van der Waals surface area contributed by atoms with E-state index >= 15 is 0 Å². The van der Waals surface area contributed by atoms with Crippen LogP contribution in [0.25, 0.3) is 0 Å². The number of amides is 2. The molecule has 1 aliphatic rings. The van der Waals surface area contributed by atoms with Crippen molar-refractivity contribution < 1.29 is 14.0 Å². The van der Waals surface area contributed by atoms with Gasteiger partial charge in [0.25, 0.3) is 5.91 Å². The number of carbonyl (C=O) groups excluding carboxylic acids is 2. The number of halogens is 2. The number of nitrogens with one attached hydrogen (secondary N) is 1. The Hall–Kier alpha value is -1.90. The Balaban J connectivity index is 1.82. The van der Waals surface area contributed by atoms with Crippen molar-refractivity contribution in [2.75, 3.05) is 10.7 Å². The lowest BCUT2D eigenvalue weighted by molar-refractivity contribution is -0.115. The van der Waals surface area contributed by atoms with Gasteiger partial charge >= 0.3 is 0 Å². The predicted octanol–water partition coefficient (Wildman–Crippen LogP) is 3.32. The van der Waals surface area contributed by atoms with E-state index in [2.05, 4.69) is 10.5 Å². The van der Waals surface area contributed by atoms with E-state index in [-0.39, 0.29) is 22.5 Å². The number of para-hydroxylation sites is 1. The van der Waals surface area contributed by atoms with E-state index in [0.717, 1.165) is 28.0 Å². The molecule has 23 heavy (non-hydrogen) atoms. The molecule has 0 spiro atoms. The smallest absolute Gasteiger partial charge is 0.273 e. The van der Waals surface area contributed by atoms with Gasteiger partial charge in [-0.25, -0.2) is 9.82 Å². The quantitative estimate of drug-likeness (QED) is 0.844. The number of hydrogen-bond donors (Lipinski definition) is 1. The molecule has 9 heteroatoms. The number of hydrazone groups is 1. The zero-order valence-electron chi connectivity index (χ0n) is 11.5. The third kappa shape index (κ3) is 3.39. The molecule has 1 aromatic carbocycles. The molecule has 0 unspecified atom stereocenters. The summed E-state index contributed by atoms with van der Waals surface area (Å²) in [5.41, 5.74) is 2.46. The minimum Gasteiger partial charge on any atom is -0.273 e. The van der Waals surface area contributed by atoms with Crippen molar-refractivity contribution in [3.05, 3.63) is 51.4 Å². The largest absolute Gasteiger partial charge is 0.281 e. The van der Waals surface area contributed by atoms with Gasteiger partial charge in [-0.05, 0) is 24.3 Å². The molecule has 0 bridgehead atoms. The fourth-order valence-electron chi connectivity index (χ4n) is 1.90. The third-order valence-electron chi connectivity index (χ3n) is 2.91. The van der Waals surface area contributed by atoms with Crippen molar-refractivity contribution in [2.24, 2.45) is 5.10 Å². The highest BCUT2D eigenvalue weighted by Crippen LogP contribution is 2.28. The molecule has 0 saturated carbocycles. The summed E-state index contributed by atoms with van der Waals surface area (Å²) in [5.74, 6) is -1.14. The van der Waals surface area contributed by atoms with E-state index in [9.17, 15) is 14.0 Å². The molecule has 1 fully saturated rings. The van der Waals surface area contributed by atoms with Crippen molar-refractivity contribution in [1.82, 2.24) is 5.43 Å². The number of amidine groups is 1. The number of nitrogens with zero attached hydrogens (tertiary/aromatic N) is 2. The molecule has 1 aliphatic heterocycles. The van der Waals surface area contributed by atoms with Gasteiger partial charge in [0.2, 0.25) is 5.91 Å². The van der Waals surface area contributed by atoms with Gasteiger partial charge in [0.15, 0.2) is 5.17 Å². The molecule has 1 N–H and O–H groups in total. The number of anilines is 1. The molecule has 2 amide bonds. The lowest BCUT2D eigenvalue weighted by Gasteiger charge is -2.16. The first-order valence-electron chi connectivity index (χ1n) is 6.40. The second-order valence-corrected chi connectivity index (χ2v) is 7.07. The maximum absolute atomic E-state index is 13.9. The maximum atomic E-state index is 13.9. The Morgan fingerprint density at radius 3 is 2.78 bits per heavy atom. The number of rotatable bonds is 3. The molecule has 2 heterocycles. The zero-order valence-corrected chi connectivity index (χ0v) is 13.8. The van der Waals surface area contributed by atoms with E-state index in [1.54, 1.807) is 18.2 Å². The molecule has 1 aromatic heterocycles. The van der Waals surface area contributed by atoms with Crippen LogP contribution in [0, 0.1) is 5.82 Å². The number of thiophene rings is 1. The van der Waals surface area contributed by atoms with Crippen LogP contribution in [-0.2, 0) is 4.79 Å². The topological polar surface area (TPSA) is 61.8 Å². The molecule has 2 aromatic rings. The summed E-state index contributed by atoms with van der Waals surface area (Å²) >= 11 is 8.02. The molecular formula is C14H9ClFN3O2S2. The first-order chi connectivity index (χ1) is 11.1. The lowest BCUT2D eigenvalue weighted by atomic mass is 10.3. The zero-order chi connectivity index (χ0) is 16.4. The second-order valence-electron chi connectivity index (χ2n) is 4.41. The SMILES string of the molecule is O=C(NN=C1SCC(=O)N1c1ccccc1F)c1ccc(Cl)s1. The van der Waals surface area contributed by atoms with Gasteiger partial charge in [-0.2, -0.15) is 0 Å². The van der Waals surface area contributed by atoms with Crippen LogP contribution < -0.4 is 10.3 Å². The van der Waals surface area contributed by atoms with Crippen molar-refractivity contribution in [3.8, 4) is 0 Å². The van der Waals surface area contributed by atoms with E-state index in [1.165, 1.54) is 18.2 Å². The predicted molar refractivity (Wildman–Crippen MR) is 90.6 cm³/mol. The van der Waals surface area contributed by atoms with Gasteiger partial charge in [-0.15, -0.1) is 16.4 Å². The van der Waals surface area contributed by atoms with Crippen LogP contribution in [0.15, 0.2) is 41.5 Å². The summed E-state index contributed by atoms with van der Waals surface area (Å²) in [7, 11) is 0. The Bertz CT molecular complexity index is 809. The lowest BCUT2D eigenvalue weighted by Crippen LogP contribution is -2.32. The number of carbonyl (C=O) groups is 2. The van der Waals surface area contributed by atoms with Crippen LogP contribution in [0.5, 0.6) is 0 Å². The van der Waals surface area contributed by atoms with Gasteiger partial charge in [0, 0.05) is 0 Å². The van der Waals surface area contributed by atoms with Gasteiger partial charge in [0.05, 0.1) is 20.7 Å². The Morgan fingerprint density at radius 1 is 1.30 bits per heavy atom. The van der Waals surface area contributed by atoms with Gasteiger partial charge in [-0.3, -0.25) is 14.5 Å². The molecule has 0 aliphatic carbocycles. The summed E-state index contributed by atoms with van der Waals surface area (Å²) < 4.78 is 14.4. The highest BCUT2D eigenvalue weighted by atomic mass is 35.5. The summed E-state index contributed by atoms with van der Waals surface area (Å²) in [4.78, 5) is 25.5. The molecule has 1 saturated heterocycles. The van der Waals surface area contributed by atoms with Gasteiger partial charge in [0.1, 0.15) is 5.82 Å². The second kappa shape index (κ2) is 6.69. The molecule has 0 radical (unpaired) electrons. The van der Waals surface area contributed by atoms with E-state index in [4.69, 9.17) is 11.6 Å². The fourth-order valence-corrected chi connectivity index (χ4v) is 3.66. The molecule has 118 valence electrons. The Morgan fingerprint density at radius 2 is 2.09 bits per heavy atom. The van der Waals surface area contributed by atoms with E-state index in [1.807, 2.05) is 0 Å². The minimum absolute atomic E-state index is 0.106. The average molecular weight is 370 g/mol. The van der Waals surface area contributed by atoms with Crippen LogP contribution in [-0.4, -0.2) is 22.7 Å². The van der Waals surface area contributed by atoms with Crippen molar-refractivity contribution in [2.45, 2.75) is 0 Å².